The van der Waals surface area contributed by atoms with Crippen molar-refractivity contribution < 1.29 is 4.42 Å². The van der Waals surface area contributed by atoms with Gasteiger partial charge in [0.15, 0.2) is 0 Å². The minimum Gasteiger partial charge on any atom is -0.403 e. The summed E-state index contributed by atoms with van der Waals surface area (Å²) in [7, 11) is 1.93. The van der Waals surface area contributed by atoms with Gasteiger partial charge in [0, 0.05) is 30.8 Å². The molecule has 0 aromatic carbocycles. The van der Waals surface area contributed by atoms with Crippen LogP contribution in [0, 0.1) is 0 Å². The summed E-state index contributed by atoms with van der Waals surface area (Å²) in [5.74, 6) is 0.541. The van der Waals surface area contributed by atoms with E-state index >= 15 is 0 Å². The number of nitrogens with one attached hydrogen (secondary N) is 1. The van der Waals surface area contributed by atoms with E-state index in [0.717, 1.165) is 16.1 Å². The van der Waals surface area contributed by atoms with E-state index in [-0.39, 0.29) is 5.41 Å². The van der Waals surface area contributed by atoms with Gasteiger partial charge in [0.1, 0.15) is 0 Å². The summed E-state index contributed by atoms with van der Waals surface area (Å²) in [6, 6.07) is 4.34. The Labute approximate surface area is 133 Å². The molecule has 116 valence electrons. The van der Waals surface area contributed by atoms with E-state index in [1.54, 1.807) is 11.3 Å². The zero-order valence-electron chi connectivity index (χ0n) is 13.1. The second kappa shape index (κ2) is 5.57. The molecule has 3 rings (SSSR count). The highest BCUT2D eigenvalue weighted by molar-refractivity contribution is 7.13. The molecule has 7 heteroatoms. The van der Waals surface area contributed by atoms with Gasteiger partial charge in [-0.3, -0.25) is 4.68 Å². The molecule has 0 saturated carbocycles. The minimum absolute atomic E-state index is 0.00472. The van der Waals surface area contributed by atoms with Crippen LogP contribution >= 0.6 is 11.3 Å². The SMILES string of the molecule is Cn1cc(CNc2nnc(-c3cccs3)o2)c(C(C)(C)C)n1. The molecule has 0 amide bonds. The Bertz CT molecular complexity index is 751. The van der Waals surface area contributed by atoms with Crippen molar-refractivity contribution >= 4 is 17.4 Å². The van der Waals surface area contributed by atoms with Crippen LogP contribution in [0.5, 0.6) is 0 Å². The Kier molecular flexibility index (Phi) is 3.74. The van der Waals surface area contributed by atoms with E-state index in [9.17, 15) is 0 Å². The van der Waals surface area contributed by atoms with Crippen molar-refractivity contribution in [2.75, 3.05) is 5.32 Å². The molecule has 3 heterocycles. The van der Waals surface area contributed by atoms with Crippen LogP contribution in [0.3, 0.4) is 0 Å². The molecule has 3 aromatic rings. The number of aryl methyl sites for hydroxylation is 1. The molecule has 1 N–H and O–H groups in total. The average molecular weight is 317 g/mol. The van der Waals surface area contributed by atoms with Crippen LogP contribution in [-0.4, -0.2) is 20.0 Å². The van der Waals surface area contributed by atoms with Gasteiger partial charge in [-0.2, -0.15) is 5.10 Å². The number of hydrogen-bond acceptors (Lipinski definition) is 6. The van der Waals surface area contributed by atoms with Crippen LogP contribution in [0.1, 0.15) is 32.0 Å². The zero-order chi connectivity index (χ0) is 15.7. The van der Waals surface area contributed by atoms with Crippen molar-refractivity contribution in [3.63, 3.8) is 0 Å². The first-order chi connectivity index (χ1) is 10.4. The predicted molar refractivity (Wildman–Crippen MR) is 86.8 cm³/mol. The summed E-state index contributed by atoms with van der Waals surface area (Å²) in [5, 5.41) is 17.8. The van der Waals surface area contributed by atoms with Gasteiger partial charge in [-0.05, 0) is 11.4 Å². The lowest BCUT2D eigenvalue weighted by atomic mass is 9.89. The molecule has 0 aliphatic carbocycles. The van der Waals surface area contributed by atoms with Gasteiger partial charge in [-0.25, -0.2) is 0 Å². The highest BCUT2D eigenvalue weighted by Crippen LogP contribution is 2.26. The van der Waals surface area contributed by atoms with Crippen LogP contribution in [-0.2, 0) is 19.0 Å². The number of hydrogen-bond donors (Lipinski definition) is 1. The smallest absolute Gasteiger partial charge is 0.316 e. The maximum Gasteiger partial charge on any atom is 0.316 e. The third-order valence-electron chi connectivity index (χ3n) is 3.20. The Balaban J connectivity index is 1.74. The van der Waals surface area contributed by atoms with Crippen molar-refractivity contribution in [3.05, 3.63) is 35.0 Å². The molecular formula is C15H19N5OS. The van der Waals surface area contributed by atoms with Crippen molar-refractivity contribution in [2.45, 2.75) is 32.7 Å². The summed E-state index contributed by atoms with van der Waals surface area (Å²) in [6.07, 6.45) is 2.02. The van der Waals surface area contributed by atoms with Crippen molar-refractivity contribution in [1.82, 2.24) is 20.0 Å². The minimum atomic E-state index is -0.00472. The second-order valence-electron chi connectivity index (χ2n) is 6.17. The Morgan fingerprint density at radius 2 is 2.14 bits per heavy atom. The molecule has 6 nitrogen and oxygen atoms in total. The van der Waals surface area contributed by atoms with Crippen LogP contribution in [0.2, 0.25) is 0 Å². The summed E-state index contributed by atoms with van der Waals surface area (Å²) in [6.45, 7) is 7.06. The number of rotatable bonds is 4. The first kappa shape index (κ1) is 14.8. The molecule has 0 atom stereocenters. The van der Waals surface area contributed by atoms with E-state index in [4.69, 9.17) is 4.42 Å². The van der Waals surface area contributed by atoms with Gasteiger partial charge in [0.25, 0.3) is 5.89 Å². The molecule has 0 spiro atoms. The number of thiophene rings is 1. The molecule has 3 aromatic heterocycles. The van der Waals surface area contributed by atoms with Gasteiger partial charge in [-0.1, -0.05) is 31.9 Å². The lowest BCUT2D eigenvalue weighted by Gasteiger charge is -2.17. The molecule has 0 radical (unpaired) electrons. The second-order valence-corrected chi connectivity index (χ2v) is 7.12. The van der Waals surface area contributed by atoms with Crippen LogP contribution in [0.25, 0.3) is 10.8 Å². The van der Waals surface area contributed by atoms with Gasteiger partial charge in [-0.15, -0.1) is 16.4 Å². The fourth-order valence-corrected chi connectivity index (χ4v) is 2.91. The lowest BCUT2D eigenvalue weighted by Crippen LogP contribution is -2.16. The summed E-state index contributed by atoms with van der Waals surface area (Å²) in [5.41, 5.74) is 2.20. The van der Waals surface area contributed by atoms with Crippen molar-refractivity contribution in [3.8, 4) is 10.8 Å². The summed E-state index contributed by atoms with van der Waals surface area (Å²) in [4.78, 5) is 0.970. The highest BCUT2D eigenvalue weighted by atomic mass is 32.1. The van der Waals surface area contributed by atoms with E-state index in [2.05, 4.69) is 41.4 Å². The Morgan fingerprint density at radius 1 is 1.32 bits per heavy atom. The maximum atomic E-state index is 5.63. The highest BCUT2D eigenvalue weighted by Gasteiger charge is 2.22. The van der Waals surface area contributed by atoms with Crippen LogP contribution < -0.4 is 5.32 Å². The summed E-state index contributed by atoms with van der Waals surface area (Å²) < 4.78 is 7.47. The number of aromatic nitrogens is 4. The summed E-state index contributed by atoms with van der Waals surface area (Å²) >= 11 is 1.58. The molecule has 22 heavy (non-hydrogen) atoms. The number of nitrogens with zero attached hydrogens (tertiary/aromatic N) is 4. The molecule has 0 aliphatic heterocycles. The van der Waals surface area contributed by atoms with Gasteiger partial charge >= 0.3 is 6.01 Å². The van der Waals surface area contributed by atoms with Gasteiger partial charge in [0.2, 0.25) is 0 Å². The largest absolute Gasteiger partial charge is 0.403 e. The van der Waals surface area contributed by atoms with Crippen molar-refractivity contribution in [2.24, 2.45) is 7.05 Å². The standard InChI is InChI=1S/C15H19N5OS/c1-15(2,3)12-10(9-20(4)19-12)8-16-14-18-17-13(21-14)11-6-5-7-22-11/h5-7,9H,8H2,1-4H3,(H,16,18). The predicted octanol–water partition coefficient (Wildman–Crippen LogP) is 3.44. The van der Waals surface area contributed by atoms with Gasteiger partial charge < -0.3 is 9.73 Å². The normalized spacial score (nSPS) is 11.8. The van der Waals surface area contributed by atoms with E-state index in [1.165, 1.54) is 0 Å². The van der Waals surface area contributed by atoms with Crippen molar-refractivity contribution in [1.29, 1.82) is 0 Å². The van der Waals surface area contributed by atoms with Crippen LogP contribution in [0.15, 0.2) is 28.1 Å². The van der Waals surface area contributed by atoms with E-state index < -0.39 is 0 Å². The first-order valence-corrected chi connectivity index (χ1v) is 7.96. The number of anilines is 1. The Hall–Kier alpha value is -2.15. The monoisotopic (exact) mass is 317 g/mol. The maximum absolute atomic E-state index is 5.63. The van der Waals surface area contributed by atoms with E-state index in [1.807, 2.05) is 35.4 Å². The lowest BCUT2D eigenvalue weighted by molar-refractivity contribution is 0.547. The first-order valence-electron chi connectivity index (χ1n) is 7.08. The molecule has 0 fully saturated rings. The average Bonchev–Trinajstić information content (AvgIpc) is 3.15. The quantitative estimate of drug-likeness (QED) is 0.798. The third-order valence-corrected chi connectivity index (χ3v) is 4.06. The molecule has 0 saturated heterocycles. The molecular weight excluding hydrogens is 298 g/mol. The topological polar surface area (TPSA) is 68.8 Å². The van der Waals surface area contributed by atoms with E-state index in [0.29, 0.717) is 18.5 Å². The molecule has 0 unspecified atom stereocenters. The fraction of sp³-hybridized carbons (Fsp3) is 0.400. The molecule has 0 bridgehead atoms. The Morgan fingerprint density at radius 3 is 2.82 bits per heavy atom. The van der Waals surface area contributed by atoms with Gasteiger partial charge in [0.05, 0.1) is 10.6 Å². The fourth-order valence-electron chi connectivity index (χ4n) is 2.26. The van der Waals surface area contributed by atoms with Crippen LogP contribution in [0.4, 0.5) is 6.01 Å². The third kappa shape index (κ3) is 3.04. The zero-order valence-corrected chi connectivity index (χ0v) is 13.9. The molecule has 0 aliphatic rings.